The van der Waals surface area contributed by atoms with Gasteiger partial charge in [-0.2, -0.15) is 0 Å². The normalized spacial score (nSPS) is 25.2. The summed E-state index contributed by atoms with van der Waals surface area (Å²) in [5.74, 6) is -0.285. The molecule has 0 aromatic heterocycles. The molecule has 4 nitrogen and oxygen atoms in total. The first-order valence-corrected chi connectivity index (χ1v) is 4.89. The van der Waals surface area contributed by atoms with E-state index in [1.54, 1.807) is 0 Å². The molecule has 0 aliphatic carbocycles. The van der Waals surface area contributed by atoms with E-state index < -0.39 is 6.10 Å². The van der Waals surface area contributed by atoms with Crippen LogP contribution in [0.15, 0.2) is 0 Å². The summed E-state index contributed by atoms with van der Waals surface area (Å²) in [6, 6.07) is 0.386. The molecule has 13 heavy (non-hydrogen) atoms. The van der Waals surface area contributed by atoms with E-state index >= 15 is 0 Å². The fourth-order valence-corrected chi connectivity index (χ4v) is 1.47. The van der Waals surface area contributed by atoms with E-state index in [0.717, 1.165) is 13.0 Å². The Labute approximate surface area is 78.7 Å². The molecule has 4 heteroatoms. The van der Waals surface area contributed by atoms with Gasteiger partial charge in [0.2, 0.25) is 5.91 Å². The molecule has 0 aromatic rings. The zero-order valence-electron chi connectivity index (χ0n) is 8.05. The van der Waals surface area contributed by atoms with E-state index in [4.69, 9.17) is 5.11 Å². The molecule has 1 saturated heterocycles. The lowest BCUT2D eigenvalue weighted by Crippen LogP contribution is -2.45. The number of aliphatic hydroxyl groups excluding tert-OH is 1. The van der Waals surface area contributed by atoms with Crippen LogP contribution in [0.5, 0.6) is 0 Å². The van der Waals surface area contributed by atoms with Crippen LogP contribution in [0, 0.1) is 0 Å². The highest BCUT2D eigenvalue weighted by atomic mass is 16.3. The molecule has 76 valence electrons. The van der Waals surface area contributed by atoms with Gasteiger partial charge in [0.15, 0.2) is 0 Å². The number of amides is 1. The van der Waals surface area contributed by atoms with Crippen LogP contribution in [0.3, 0.4) is 0 Å². The van der Waals surface area contributed by atoms with Gasteiger partial charge in [-0.05, 0) is 26.3 Å². The quantitative estimate of drug-likeness (QED) is 0.563. The first-order chi connectivity index (χ1) is 6.20. The van der Waals surface area contributed by atoms with Crippen LogP contribution in [0.1, 0.15) is 26.2 Å². The largest absolute Gasteiger partial charge is 0.384 e. The van der Waals surface area contributed by atoms with Crippen molar-refractivity contribution in [3.8, 4) is 0 Å². The van der Waals surface area contributed by atoms with Crippen molar-refractivity contribution in [3.63, 3.8) is 0 Å². The molecule has 0 radical (unpaired) electrons. The van der Waals surface area contributed by atoms with E-state index in [1.165, 1.54) is 19.8 Å². The van der Waals surface area contributed by atoms with Gasteiger partial charge >= 0.3 is 0 Å². The Morgan fingerprint density at radius 3 is 3.00 bits per heavy atom. The summed E-state index contributed by atoms with van der Waals surface area (Å²) < 4.78 is 0. The molecule has 1 amide bonds. The molecule has 1 heterocycles. The Kier molecular flexibility index (Phi) is 4.18. The molecule has 0 saturated carbocycles. The minimum absolute atomic E-state index is 0.285. The van der Waals surface area contributed by atoms with Crippen molar-refractivity contribution in [2.75, 3.05) is 13.1 Å². The van der Waals surface area contributed by atoms with Gasteiger partial charge < -0.3 is 15.7 Å². The fraction of sp³-hybridized carbons (Fsp3) is 0.889. The van der Waals surface area contributed by atoms with Gasteiger partial charge in [0.05, 0.1) is 0 Å². The number of aliphatic hydroxyl groups is 1. The summed E-state index contributed by atoms with van der Waals surface area (Å²) in [7, 11) is 0. The second-order valence-corrected chi connectivity index (χ2v) is 3.57. The Bertz CT molecular complexity index is 165. The lowest BCUT2D eigenvalue weighted by Gasteiger charge is -2.23. The van der Waals surface area contributed by atoms with Gasteiger partial charge in [-0.1, -0.05) is 6.42 Å². The van der Waals surface area contributed by atoms with Gasteiger partial charge in [-0.25, -0.2) is 0 Å². The summed E-state index contributed by atoms with van der Waals surface area (Å²) in [4.78, 5) is 11.0. The molecule has 1 fully saturated rings. The van der Waals surface area contributed by atoms with Crippen LogP contribution in [-0.4, -0.2) is 36.2 Å². The molecule has 1 aliphatic heterocycles. The molecule has 3 N–H and O–H groups in total. The summed E-state index contributed by atoms with van der Waals surface area (Å²) in [5, 5.41) is 14.9. The second kappa shape index (κ2) is 5.19. The molecule has 0 aromatic carbocycles. The van der Waals surface area contributed by atoms with E-state index in [-0.39, 0.29) is 5.91 Å². The van der Waals surface area contributed by atoms with Crippen LogP contribution in [0.4, 0.5) is 0 Å². The molecule has 1 rings (SSSR count). The fourth-order valence-electron chi connectivity index (χ4n) is 1.47. The minimum Gasteiger partial charge on any atom is -0.384 e. The maximum atomic E-state index is 11.0. The van der Waals surface area contributed by atoms with Crippen LogP contribution in [0.25, 0.3) is 0 Å². The third kappa shape index (κ3) is 3.74. The lowest BCUT2D eigenvalue weighted by atomic mass is 10.1. The minimum atomic E-state index is -0.899. The highest BCUT2D eigenvalue weighted by molar-refractivity contribution is 5.79. The number of rotatable bonds is 3. The lowest BCUT2D eigenvalue weighted by molar-refractivity contribution is -0.128. The molecule has 0 spiro atoms. The average molecular weight is 186 g/mol. The van der Waals surface area contributed by atoms with Crippen molar-refractivity contribution in [2.24, 2.45) is 0 Å². The van der Waals surface area contributed by atoms with Crippen molar-refractivity contribution < 1.29 is 9.90 Å². The third-order valence-corrected chi connectivity index (χ3v) is 2.31. The predicted molar refractivity (Wildman–Crippen MR) is 50.3 cm³/mol. The Balaban J connectivity index is 2.13. The van der Waals surface area contributed by atoms with E-state index in [0.29, 0.717) is 12.6 Å². The number of piperidine rings is 1. The maximum absolute atomic E-state index is 11.0. The van der Waals surface area contributed by atoms with Crippen LogP contribution in [-0.2, 0) is 4.79 Å². The third-order valence-electron chi connectivity index (χ3n) is 2.31. The summed E-state index contributed by atoms with van der Waals surface area (Å²) in [5.41, 5.74) is 0. The smallest absolute Gasteiger partial charge is 0.248 e. The zero-order valence-corrected chi connectivity index (χ0v) is 8.05. The van der Waals surface area contributed by atoms with Gasteiger partial charge in [0.1, 0.15) is 6.10 Å². The van der Waals surface area contributed by atoms with E-state index in [9.17, 15) is 4.79 Å². The average Bonchev–Trinajstić information content (AvgIpc) is 2.15. The number of carbonyl (C=O) groups excluding carboxylic acids is 1. The number of hydrogen-bond acceptors (Lipinski definition) is 3. The Morgan fingerprint density at radius 1 is 1.69 bits per heavy atom. The first-order valence-electron chi connectivity index (χ1n) is 4.89. The van der Waals surface area contributed by atoms with Gasteiger partial charge in [0, 0.05) is 12.6 Å². The molecule has 1 unspecified atom stereocenters. The van der Waals surface area contributed by atoms with Crippen LogP contribution < -0.4 is 10.6 Å². The van der Waals surface area contributed by atoms with Crippen molar-refractivity contribution in [1.82, 2.24) is 10.6 Å². The summed E-state index contributed by atoms with van der Waals surface area (Å²) >= 11 is 0. The summed E-state index contributed by atoms with van der Waals surface area (Å²) in [6.45, 7) is 3.14. The molecular formula is C9H18N2O2. The maximum Gasteiger partial charge on any atom is 0.248 e. The van der Waals surface area contributed by atoms with Gasteiger partial charge in [0.25, 0.3) is 0 Å². The van der Waals surface area contributed by atoms with Crippen molar-refractivity contribution in [3.05, 3.63) is 0 Å². The Hall–Kier alpha value is -0.610. The predicted octanol–water partition coefficient (Wildman–Crippen LogP) is -0.374. The van der Waals surface area contributed by atoms with Gasteiger partial charge in [-0.3, -0.25) is 4.79 Å². The standard InChI is InChI=1S/C9H18N2O2/c1-7(12)9(13)11-6-8-4-2-3-5-10-8/h7-8,10,12H,2-6H2,1H3,(H,11,13)/t7-,8?/m1/s1. The van der Waals surface area contributed by atoms with Gasteiger partial charge in [-0.15, -0.1) is 0 Å². The van der Waals surface area contributed by atoms with E-state index in [1.807, 2.05) is 0 Å². The Morgan fingerprint density at radius 2 is 2.46 bits per heavy atom. The zero-order chi connectivity index (χ0) is 9.68. The molecule has 2 atom stereocenters. The van der Waals surface area contributed by atoms with Crippen molar-refractivity contribution in [2.45, 2.75) is 38.3 Å². The van der Waals surface area contributed by atoms with Crippen LogP contribution in [0.2, 0.25) is 0 Å². The van der Waals surface area contributed by atoms with Crippen molar-refractivity contribution in [1.29, 1.82) is 0 Å². The SMILES string of the molecule is C[C@@H](O)C(=O)NCC1CCCCN1. The highest BCUT2D eigenvalue weighted by Gasteiger charge is 2.14. The first kappa shape index (κ1) is 10.5. The summed E-state index contributed by atoms with van der Waals surface area (Å²) in [6.07, 6.45) is 2.66. The molecule has 1 aliphatic rings. The molecule has 0 bridgehead atoms. The van der Waals surface area contributed by atoms with E-state index in [2.05, 4.69) is 10.6 Å². The second-order valence-electron chi connectivity index (χ2n) is 3.57. The number of nitrogens with one attached hydrogen (secondary N) is 2. The number of hydrogen-bond donors (Lipinski definition) is 3. The topological polar surface area (TPSA) is 61.4 Å². The van der Waals surface area contributed by atoms with Crippen LogP contribution >= 0.6 is 0 Å². The molecular weight excluding hydrogens is 168 g/mol. The highest BCUT2D eigenvalue weighted by Crippen LogP contribution is 2.05. The van der Waals surface area contributed by atoms with Crippen molar-refractivity contribution >= 4 is 5.91 Å². The monoisotopic (exact) mass is 186 g/mol. The number of carbonyl (C=O) groups is 1.